The number of aryl methyl sites for hydroxylation is 1. The van der Waals surface area contributed by atoms with Crippen LogP contribution in [0.4, 0.5) is 0 Å². The van der Waals surface area contributed by atoms with Crippen LogP contribution >= 0.6 is 0 Å². The van der Waals surface area contributed by atoms with Crippen LogP contribution in [-0.4, -0.2) is 65.6 Å². The molecule has 8 heteroatoms. The lowest BCUT2D eigenvalue weighted by Gasteiger charge is -2.25. The molecule has 2 saturated heterocycles. The number of hydrogen-bond acceptors (Lipinski definition) is 5. The van der Waals surface area contributed by atoms with E-state index >= 15 is 0 Å². The molecule has 0 amide bonds. The fraction of sp³-hybridized carbons (Fsp3) is 0.625. The van der Waals surface area contributed by atoms with Gasteiger partial charge in [0.2, 0.25) is 10.0 Å². The average Bonchev–Trinajstić information content (AvgIpc) is 3.05. The number of likely N-dealkylation sites (tertiary alicyclic amines) is 1. The van der Waals surface area contributed by atoms with Gasteiger partial charge in [-0.15, -0.1) is 0 Å². The summed E-state index contributed by atoms with van der Waals surface area (Å²) >= 11 is 0. The molecule has 3 heterocycles. The van der Waals surface area contributed by atoms with Crippen LogP contribution in [0.2, 0.25) is 0 Å². The van der Waals surface area contributed by atoms with E-state index in [1.807, 2.05) is 13.0 Å². The highest BCUT2D eigenvalue weighted by molar-refractivity contribution is 7.89. The predicted octanol–water partition coefficient (Wildman–Crippen LogP) is 0.558. The minimum absolute atomic E-state index is 0.00927. The van der Waals surface area contributed by atoms with Crippen LogP contribution < -0.4 is 0 Å². The first kappa shape index (κ1) is 17.3. The van der Waals surface area contributed by atoms with Crippen LogP contribution in [0, 0.1) is 18.3 Å². The van der Waals surface area contributed by atoms with Gasteiger partial charge in [0.1, 0.15) is 0 Å². The third-order valence-corrected chi connectivity index (χ3v) is 7.16. The molecule has 0 aromatic carbocycles. The molecule has 1 aromatic rings. The van der Waals surface area contributed by atoms with Crippen LogP contribution in [-0.2, 0) is 21.4 Å². The van der Waals surface area contributed by atoms with Gasteiger partial charge in [0.15, 0.2) is 0 Å². The van der Waals surface area contributed by atoms with Crippen molar-refractivity contribution in [1.29, 1.82) is 0 Å². The van der Waals surface area contributed by atoms with Crippen LogP contribution in [0.5, 0.6) is 0 Å². The van der Waals surface area contributed by atoms with Gasteiger partial charge in [0.05, 0.1) is 11.2 Å². The highest BCUT2D eigenvalue weighted by atomic mass is 32.2. The number of pyridine rings is 1. The molecule has 132 valence electrons. The standard InChI is InChI=1S/C16H23N3O4S/c1-3-24(22,23)19-9-14-8-18(10-16(14,11-19)15(20)21)7-13-4-5-17-6-12(13)2/h4-6,14H,3,7-11H2,1-2H3,(H,20,21)/t14-,16-/m0/s1. The first-order chi connectivity index (χ1) is 11.3. The van der Waals surface area contributed by atoms with Gasteiger partial charge in [-0.25, -0.2) is 12.7 Å². The van der Waals surface area contributed by atoms with Crippen LogP contribution in [0.1, 0.15) is 18.1 Å². The number of nitrogens with zero attached hydrogens (tertiary/aromatic N) is 3. The number of aliphatic carboxylic acids is 1. The normalized spacial score (nSPS) is 28.2. The molecular weight excluding hydrogens is 330 g/mol. The number of aromatic nitrogens is 1. The second kappa shape index (κ2) is 6.09. The lowest BCUT2D eigenvalue weighted by Crippen LogP contribution is -2.42. The Kier molecular flexibility index (Phi) is 4.39. The van der Waals surface area contributed by atoms with E-state index in [1.54, 1.807) is 19.3 Å². The van der Waals surface area contributed by atoms with Gasteiger partial charge in [-0.1, -0.05) is 0 Å². The third-order valence-electron chi connectivity index (χ3n) is 5.36. The molecule has 1 aromatic heterocycles. The molecular formula is C16H23N3O4S. The van der Waals surface area contributed by atoms with E-state index in [-0.39, 0.29) is 18.2 Å². The summed E-state index contributed by atoms with van der Waals surface area (Å²) in [6.07, 6.45) is 3.54. The topological polar surface area (TPSA) is 90.8 Å². The zero-order valence-electron chi connectivity index (χ0n) is 14.0. The predicted molar refractivity (Wildman–Crippen MR) is 88.8 cm³/mol. The maximum Gasteiger partial charge on any atom is 0.312 e. The van der Waals surface area contributed by atoms with Crippen molar-refractivity contribution in [3.8, 4) is 0 Å². The van der Waals surface area contributed by atoms with Crippen LogP contribution in [0.25, 0.3) is 0 Å². The molecule has 2 aliphatic rings. The van der Waals surface area contributed by atoms with Crippen molar-refractivity contribution in [3.05, 3.63) is 29.6 Å². The molecule has 0 aliphatic carbocycles. The largest absolute Gasteiger partial charge is 0.481 e. The first-order valence-corrected chi connectivity index (χ1v) is 9.72. The zero-order chi connectivity index (χ0) is 17.5. The van der Waals surface area contributed by atoms with E-state index in [1.165, 1.54) is 4.31 Å². The molecule has 0 spiro atoms. The summed E-state index contributed by atoms with van der Waals surface area (Å²) < 4.78 is 25.6. The smallest absolute Gasteiger partial charge is 0.312 e. The lowest BCUT2D eigenvalue weighted by molar-refractivity contribution is -0.148. The Morgan fingerprint density at radius 1 is 1.42 bits per heavy atom. The Bertz CT molecular complexity index is 751. The fourth-order valence-electron chi connectivity index (χ4n) is 3.86. The Labute approximate surface area is 142 Å². The summed E-state index contributed by atoms with van der Waals surface area (Å²) in [7, 11) is -3.35. The maximum absolute atomic E-state index is 12.1. The molecule has 2 fully saturated rings. The minimum Gasteiger partial charge on any atom is -0.481 e. The molecule has 2 aliphatic heterocycles. The van der Waals surface area contributed by atoms with Crippen molar-refractivity contribution < 1.29 is 18.3 Å². The molecule has 0 saturated carbocycles. The molecule has 0 bridgehead atoms. The number of fused-ring (bicyclic) bond motifs is 1. The molecule has 1 N–H and O–H groups in total. The Morgan fingerprint density at radius 2 is 2.17 bits per heavy atom. The Morgan fingerprint density at radius 3 is 2.75 bits per heavy atom. The minimum atomic E-state index is -3.35. The van der Waals surface area contributed by atoms with Crippen LogP contribution in [0.15, 0.2) is 18.5 Å². The molecule has 24 heavy (non-hydrogen) atoms. The second-order valence-electron chi connectivity index (χ2n) is 6.82. The zero-order valence-corrected chi connectivity index (χ0v) is 14.8. The van der Waals surface area contributed by atoms with Gasteiger partial charge in [-0.3, -0.25) is 14.7 Å². The lowest BCUT2D eigenvalue weighted by atomic mass is 9.81. The first-order valence-electron chi connectivity index (χ1n) is 8.11. The van der Waals surface area contributed by atoms with Gasteiger partial charge in [0, 0.05) is 51.0 Å². The van der Waals surface area contributed by atoms with Crippen molar-refractivity contribution >= 4 is 16.0 Å². The van der Waals surface area contributed by atoms with Crippen molar-refractivity contribution in [2.75, 3.05) is 31.9 Å². The van der Waals surface area contributed by atoms with E-state index in [0.29, 0.717) is 26.2 Å². The summed E-state index contributed by atoms with van der Waals surface area (Å²) in [5.74, 6) is -1.05. The average molecular weight is 353 g/mol. The summed E-state index contributed by atoms with van der Waals surface area (Å²) in [6, 6.07) is 1.95. The van der Waals surface area contributed by atoms with E-state index in [4.69, 9.17) is 0 Å². The quantitative estimate of drug-likeness (QED) is 0.832. The van der Waals surface area contributed by atoms with Crippen molar-refractivity contribution in [2.45, 2.75) is 20.4 Å². The van der Waals surface area contributed by atoms with Gasteiger partial charge in [0.25, 0.3) is 0 Å². The van der Waals surface area contributed by atoms with Gasteiger partial charge in [-0.2, -0.15) is 0 Å². The monoisotopic (exact) mass is 353 g/mol. The van der Waals surface area contributed by atoms with E-state index in [2.05, 4.69) is 9.88 Å². The Balaban J connectivity index is 1.79. The van der Waals surface area contributed by atoms with Gasteiger partial charge in [-0.05, 0) is 31.0 Å². The summed E-state index contributed by atoms with van der Waals surface area (Å²) in [6.45, 7) is 5.61. The highest BCUT2D eigenvalue weighted by Crippen LogP contribution is 2.44. The number of sulfonamides is 1. The van der Waals surface area contributed by atoms with Crippen molar-refractivity contribution in [1.82, 2.24) is 14.2 Å². The van der Waals surface area contributed by atoms with Crippen LogP contribution in [0.3, 0.4) is 0 Å². The maximum atomic E-state index is 12.1. The third kappa shape index (κ3) is 2.82. The highest BCUT2D eigenvalue weighted by Gasteiger charge is 2.59. The van der Waals surface area contributed by atoms with Gasteiger partial charge >= 0.3 is 5.97 Å². The number of carbonyl (C=O) groups is 1. The molecule has 0 unspecified atom stereocenters. The molecule has 0 radical (unpaired) electrons. The SMILES string of the molecule is CCS(=O)(=O)N1C[C@@H]2CN(Cc3ccncc3C)C[C@]2(C(=O)O)C1. The number of hydrogen-bond donors (Lipinski definition) is 1. The summed E-state index contributed by atoms with van der Waals surface area (Å²) in [5, 5.41) is 9.81. The number of carboxylic acid groups (broad SMARTS) is 1. The summed E-state index contributed by atoms with van der Waals surface area (Å²) in [5.41, 5.74) is 1.21. The molecule has 7 nitrogen and oxygen atoms in total. The number of rotatable bonds is 5. The van der Waals surface area contributed by atoms with E-state index < -0.39 is 21.4 Å². The van der Waals surface area contributed by atoms with E-state index in [0.717, 1.165) is 11.1 Å². The molecule has 2 atom stereocenters. The summed E-state index contributed by atoms with van der Waals surface area (Å²) in [4.78, 5) is 18.2. The fourth-order valence-corrected chi connectivity index (χ4v) is 5.06. The molecule has 3 rings (SSSR count). The van der Waals surface area contributed by atoms with Gasteiger partial charge < -0.3 is 5.11 Å². The van der Waals surface area contributed by atoms with Crippen molar-refractivity contribution in [2.24, 2.45) is 11.3 Å². The number of carboxylic acids is 1. The van der Waals surface area contributed by atoms with E-state index in [9.17, 15) is 18.3 Å². The second-order valence-corrected chi connectivity index (χ2v) is 9.08. The van der Waals surface area contributed by atoms with Crippen molar-refractivity contribution in [3.63, 3.8) is 0 Å². The Hall–Kier alpha value is -1.51.